The number of fused-ring (bicyclic) bond motifs is 2. The fourth-order valence-corrected chi connectivity index (χ4v) is 5.26. The monoisotopic (exact) mass is 502 g/mol. The van der Waals surface area contributed by atoms with Crippen molar-refractivity contribution in [2.75, 3.05) is 25.0 Å². The minimum atomic E-state index is 0.162. The highest BCUT2D eigenvalue weighted by Crippen LogP contribution is 2.39. The summed E-state index contributed by atoms with van der Waals surface area (Å²) in [4.78, 5) is 24.1. The number of carbonyl (C=O) groups is 1. The van der Waals surface area contributed by atoms with Crippen molar-refractivity contribution in [1.82, 2.24) is 14.9 Å². The smallest absolute Gasteiger partial charge is 0.224 e. The van der Waals surface area contributed by atoms with E-state index in [4.69, 9.17) is 21.6 Å². The van der Waals surface area contributed by atoms with Gasteiger partial charge in [0.25, 0.3) is 0 Å². The molecule has 0 saturated carbocycles. The maximum atomic E-state index is 12.6. The number of nitrogens with one attached hydrogen (secondary N) is 1. The summed E-state index contributed by atoms with van der Waals surface area (Å²) >= 11 is 6.80. The van der Waals surface area contributed by atoms with Crippen molar-refractivity contribution in [3.05, 3.63) is 59.2 Å². The number of benzene rings is 3. The Morgan fingerprint density at radius 2 is 1.81 bits per heavy atom. The summed E-state index contributed by atoms with van der Waals surface area (Å²) in [6.07, 6.45) is 3.79. The first kappa shape index (κ1) is 24.3. The molecule has 1 saturated heterocycles. The van der Waals surface area contributed by atoms with Crippen molar-refractivity contribution >= 4 is 45.1 Å². The molecule has 1 aliphatic heterocycles. The predicted octanol–water partition coefficient (Wildman–Crippen LogP) is 6.75. The minimum absolute atomic E-state index is 0.162. The van der Waals surface area contributed by atoms with Crippen molar-refractivity contribution in [2.24, 2.45) is 0 Å². The van der Waals surface area contributed by atoms with Gasteiger partial charge in [0.2, 0.25) is 11.9 Å². The fourth-order valence-electron chi connectivity index (χ4n) is 5.00. The van der Waals surface area contributed by atoms with E-state index >= 15 is 0 Å². The second kappa shape index (κ2) is 10.3. The van der Waals surface area contributed by atoms with Gasteiger partial charge in [-0.05, 0) is 65.8 Å². The highest BCUT2D eigenvalue weighted by Gasteiger charge is 2.18. The van der Waals surface area contributed by atoms with Crippen LogP contribution < -0.4 is 5.32 Å². The molecule has 0 aliphatic carbocycles. The number of hydrogen-bond donors (Lipinski definition) is 2. The number of aromatic nitrogens is 2. The molecule has 7 heteroatoms. The highest BCUT2D eigenvalue weighted by molar-refractivity contribution is 6.34. The Balaban J connectivity index is 1.49. The second-order valence-electron chi connectivity index (χ2n) is 9.77. The van der Waals surface area contributed by atoms with Crippen LogP contribution in [0.1, 0.15) is 51.1 Å². The van der Waals surface area contributed by atoms with Crippen LogP contribution in [-0.2, 0) is 4.79 Å². The van der Waals surface area contributed by atoms with Crippen molar-refractivity contribution in [3.63, 3.8) is 0 Å². The molecule has 5 rings (SSSR count). The number of hydrogen-bond acceptors (Lipinski definition) is 5. The number of halogens is 1. The Hall–Kier alpha value is -3.38. The Morgan fingerprint density at radius 3 is 2.58 bits per heavy atom. The van der Waals surface area contributed by atoms with E-state index in [1.807, 2.05) is 41.3 Å². The molecule has 2 heterocycles. The molecule has 6 nitrogen and oxygen atoms in total. The van der Waals surface area contributed by atoms with Crippen LogP contribution >= 0.6 is 11.6 Å². The van der Waals surface area contributed by atoms with Gasteiger partial charge in [-0.2, -0.15) is 0 Å². The molecular weight excluding hydrogens is 472 g/mol. The number of rotatable bonds is 6. The quantitative estimate of drug-likeness (QED) is 0.305. The molecule has 1 fully saturated rings. The van der Waals surface area contributed by atoms with E-state index < -0.39 is 0 Å². The van der Waals surface area contributed by atoms with Crippen molar-refractivity contribution in [2.45, 2.75) is 45.4 Å². The summed E-state index contributed by atoms with van der Waals surface area (Å²) in [6, 6.07) is 15.3. The molecule has 0 atom stereocenters. The van der Waals surface area contributed by atoms with Gasteiger partial charge >= 0.3 is 0 Å². The Kier molecular flexibility index (Phi) is 6.97. The van der Waals surface area contributed by atoms with Crippen LogP contribution in [0, 0.1) is 0 Å². The van der Waals surface area contributed by atoms with E-state index in [0.717, 1.165) is 64.4 Å². The summed E-state index contributed by atoms with van der Waals surface area (Å²) in [5, 5.41) is 17.1. The third-order valence-corrected chi connectivity index (χ3v) is 7.14. The molecule has 3 aromatic carbocycles. The Bertz CT molecular complexity index is 1430. The van der Waals surface area contributed by atoms with Crippen LogP contribution in [0.5, 0.6) is 5.75 Å². The van der Waals surface area contributed by atoms with E-state index in [-0.39, 0.29) is 17.6 Å². The number of aromatic hydroxyl groups is 1. The zero-order valence-corrected chi connectivity index (χ0v) is 21.5. The van der Waals surface area contributed by atoms with Crippen LogP contribution in [0.15, 0.2) is 48.5 Å². The molecule has 1 aliphatic rings. The van der Waals surface area contributed by atoms with Gasteiger partial charge in [-0.3, -0.25) is 4.79 Å². The minimum Gasteiger partial charge on any atom is -0.508 e. The molecule has 1 aromatic heterocycles. The van der Waals surface area contributed by atoms with Gasteiger partial charge in [-0.15, -0.1) is 0 Å². The average Bonchev–Trinajstić information content (AvgIpc) is 2.88. The Morgan fingerprint density at radius 1 is 1.03 bits per heavy atom. The van der Waals surface area contributed by atoms with Gasteiger partial charge in [0.1, 0.15) is 5.75 Å². The molecule has 186 valence electrons. The van der Waals surface area contributed by atoms with Crippen LogP contribution in [0.2, 0.25) is 5.02 Å². The van der Waals surface area contributed by atoms with Gasteiger partial charge in [0.05, 0.1) is 11.2 Å². The first-order valence-electron chi connectivity index (χ1n) is 12.7. The highest BCUT2D eigenvalue weighted by atomic mass is 35.5. The van der Waals surface area contributed by atoms with Gasteiger partial charge in [0.15, 0.2) is 0 Å². The lowest BCUT2D eigenvalue weighted by molar-refractivity contribution is -0.131. The van der Waals surface area contributed by atoms with E-state index in [1.165, 1.54) is 6.42 Å². The fraction of sp³-hybridized carbons (Fsp3) is 0.345. The molecule has 1 amide bonds. The SMILES string of the molecule is CC(C)c1nc(NCCC(=O)N2CCCCC2)nc2cc(-c3cc(O)cc4ccccc34)c(Cl)cc12. The van der Waals surface area contributed by atoms with Gasteiger partial charge in [-0.1, -0.05) is 49.7 Å². The molecule has 0 spiro atoms. The van der Waals surface area contributed by atoms with Crippen LogP contribution in [-0.4, -0.2) is 45.5 Å². The zero-order chi connectivity index (χ0) is 25.2. The predicted molar refractivity (Wildman–Crippen MR) is 147 cm³/mol. The maximum absolute atomic E-state index is 12.6. The number of phenols is 1. The van der Waals surface area contributed by atoms with Gasteiger partial charge in [-0.25, -0.2) is 9.97 Å². The number of phenolic OH excluding ortho intramolecular Hbond substituents is 1. The number of amides is 1. The summed E-state index contributed by atoms with van der Waals surface area (Å²) in [7, 11) is 0. The maximum Gasteiger partial charge on any atom is 0.224 e. The third kappa shape index (κ3) is 4.96. The van der Waals surface area contributed by atoms with E-state index in [0.29, 0.717) is 23.9 Å². The summed E-state index contributed by atoms with van der Waals surface area (Å²) < 4.78 is 0. The molecule has 0 radical (unpaired) electrons. The largest absolute Gasteiger partial charge is 0.508 e. The number of anilines is 1. The molecule has 2 N–H and O–H groups in total. The molecule has 36 heavy (non-hydrogen) atoms. The van der Waals surface area contributed by atoms with Gasteiger partial charge < -0.3 is 15.3 Å². The number of nitrogens with zero attached hydrogens (tertiary/aromatic N) is 3. The summed E-state index contributed by atoms with van der Waals surface area (Å²) in [6.45, 7) is 6.38. The topological polar surface area (TPSA) is 78.4 Å². The van der Waals surface area contributed by atoms with Crippen LogP contribution in [0.4, 0.5) is 5.95 Å². The third-order valence-electron chi connectivity index (χ3n) is 6.83. The zero-order valence-electron chi connectivity index (χ0n) is 20.7. The Labute approximate surface area is 216 Å². The van der Waals surface area contributed by atoms with Crippen molar-refractivity contribution in [3.8, 4) is 16.9 Å². The molecule has 0 bridgehead atoms. The van der Waals surface area contributed by atoms with Crippen molar-refractivity contribution in [1.29, 1.82) is 0 Å². The number of likely N-dealkylation sites (tertiary alicyclic amines) is 1. The van der Waals surface area contributed by atoms with E-state index in [2.05, 4.69) is 19.2 Å². The lowest BCUT2D eigenvalue weighted by Crippen LogP contribution is -2.36. The number of carbonyl (C=O) groups excluding carboxylic acids is 1. The average molecular weight is 503 g/mol. The van der Waals surface area contributed by atoms with E-state index in [9.17, 15) is 9.90 Å². The first-order valence-corrected chi connectivity index (χ1v) is 13.0. The summed E-state index contributed by atoms with van der Waals surface area (Å²) in [5.74, 6) is 1.03. The van der Waals surface area contributed by atoms with Crippen LogP contribution in [0.25, 0.3) is 32.8 Å². The van der Waals surface area contributed by atoms with Crippen molar-refractivity contribution < 1.29 is 9.90 Å². The lowest BCUT2D eigenvalue weighted by atomic mass is 9.95. The second-order valence-corrected chi connectivity index (χ2v) is 10.2. The van der Waals surface area contributed by atoms with Gasteiger partial charge in [0, 0.05) is 42.0 Å². The molecular formula is C29H31ClN4O2. The summed E-state index contributed by atoms with van der Waals surface area (Å²) in [5.41, 5.74) is 3.32. The molecule has 4 aromatic rings. The standard InChI is InChI=1S/C29H31ClN4O2/c1-18(2)28-24-16-25(30)23(22-15-20(35)14-19-8-4-5-9-21(19)22)17-26(24)32-29(33-28)31-11-10-27(36)34-12-6-3-7-13-34/h4-5,8-9,14-18,35H,3,6-7,10-13H2,1-2H3,(H,31,32,33). The number of piperidine rings is 1. The lowest BCUT2D eigenvalue weighted by Gasteiger charge is -2.26. The van der Waals surface area contributed by atoms with Crippen LogP contribution in [0.3, 0.4) is 0 Å². The molecule has 0 unspecified atom stereocenters. The van der Waals surface area contributed by atoms with E-state index in [1.54, 1.807) is 12.1 Å². The normalized spacial score (nSPS) is 14.1. The first-order chi connectivity index (χ1) is 17.4.